The van der Waals surface area contributed by atoms with Gasteiger partial charge in [0.25, 0.3) is 11.6 Å². The molecule has 34 heavy (non-hydrogen) atoms. The number of aryl methyl sites for hydroxylation is 1. The molecule has 0 bridgehead atoms. The maximum atomic E-state index is 13.6. The van der Waals surface area contributed by atoms with E-state index in [0.717, 1.165) is 75.2 Å². The fourth-order valence-electron chi connectivity index (χ4n) is 4.85. The van der Waals surface area contributed by atoms with E-state index in [1.165, 1.54) is 16.0 Å². The number of hydrogen-bond acceptors (Lipinski definition) is 6. The minimum atomic E-state index is -2.48. The number of amides is 1. The second-order valence-corrected chi connectivity index (χ2v) is 10.3. The van der Waals surface area contributed by atoms with Gasteiger partial charge in [0, 0.05) is 49.2 Å². The molecule has 7 nitrogen and oxygen atoms in total. The molecule has 1 N–H and O–H groups in total. The highest BCUT2D eigenvalue weighted by atomic mass is 32.1. The van der Waals surface area contributed by atoms with Crippen LogP contribution in [-0.4, -0.2) is 64.3 Å². The van der Waals surface area contributed by atoms with Crippen molar-refractivity contribution in [3.63, 3.8) is 0 Å². The summed E-state index contributed by atoms with van der Waals surface area (Å²) >= 11 is 1.39. The van der Waals surface area contributed by atoms with E-state index in [4.69, 9.17) is 4.74 Å². The SMILES string of the molecule is Cn1cc(CC(=O)N[C@H]2CC[C@H](CCN3CCc4nc(OCC(F)F)sc4CC3)CC2)c(F)n1. The van der Waals surface area contributed by atoms with E-state index < -0.39 is 19.0 Å². The summed E-state index contributed by atoms with van der Waals surface area (Å²) < 4.78 is 44.8. The van der Waals surface area contributed by atoms with Gasteiger partial charge in [-0.15, -0.1) is 5.10 Å². The normalized spacial score (nSPS) is 21.3. The van der Waals surface area contributed by atoms with Crippen molar-refractivity contribution >= 4 is 17.2 Å². The Balaban J connectivity index is 1.13. The highest BCUT2D eigenvalue weighted by molar-refractivity contribution is 7.13. The van der Waals surface area contributed by atoms with Crippen LogP contribution in [0.3, 0.4) is 0 Å². The maximum absolute atomic E-state index is 13.6. The van der Waals surface area contributed by atoms with Gasteiger partial charge in [0.1, 0.15) is 0 Å². The summed E-state index contributed by atoms with van der Waals surface area (Å²) in [5.74, 6) is -0.0845. The van der Waals surface area contributed by atoms with Crippen LogP contribution in [0, 0.1) is 11.9 Å². The first kappa shape index (κ1) is 25.0. The van der Waals surface area contributed by atoms with Gasteiger partial charge in [0.05, 0.1) is 12.1 Å². The second kappa shape index (κ2) is 11.5. The molecule has 188 valence electrons. The van der Waals surface area contributed by atoms with E-state index in [0.29, 0.717) is 16.7 Å². The average Bonchev–Trinajstić information content (AvgIpc) is 3.27. The number of ether oxygens (including phenoxy) is 1. The summed E-state index contributed by atoms with van der Waals surface area (Å²) in [5, 5.41) is 7.05. The lowest BCUT2D eigenvalue weighted by Crippen LogP contribution is -2.39. The lowest BCUT2D eigenvalue weighted by atomic mass is 9.84. The topological polar surface area (TPSA) is 72.3 Å². The fraction of sp³-hybridized carbons (Fsp3) is 0.696. The van der Waals surface area contributed by atoms with E-state index in [-0.39, 0.29) is 18.4 Å². The molecule has 1 aliphatic heterocycles. The molecule has 0 unspecified atom stereocenters. The van der Waals surface area contributed by atoms with E-state index in [1.54, 1.807) is 13.2 Å². The molecule has 1 amide bonds. The molecule has 2 aromatic rings. The molecule has 1 fully saturated rings. The van der Waals surface area contributed by atoms with Crippen LogP contribution in [0.5, 0.6) is 5.19 Å². The van der Waals surface area contributed by atoms with E-state index in [9.17, 15) is 18.0 Å². The van der Waals surface area contributed by atoms with Gasteiger partial charge in [-0.1, -0.05) is 11.3 Å². The smallest absolute Gasteiger partial charge is 0.273 e. The van der Waals surface area contributed by atoms with Crippen LogP contribution in [0.4, 0.5) is 13.2 Å². The van der Waals surface area contributed by atoms with Crippen LogP contribution >= 0.6 is 11.3 Å². The van der Waals surface area contributed by atoms with Crippen LogP contribution in [0.25, 0.3) is 0 Å². The highest BCUT2D eigenvalue weighted by Gasteiger charge is 2.25. The number of nitrogens with zero attached hydrogens (tertiary/aromatic N) is 4. The molecule has 0 aromatic carbocycles. The first-order valence-corrected chi connectivity index (χ1v) is 12.8. The molecule has 1 aliphatic carbocycles. The highest BCUT2D eigenvalue weighted by Crippen LogP contribution is 2.30. The Morgan fingerprint density at radius 1 is 1.26 bits per heavy atom. The Labute approximate surface area is 201 Å². The molecule has 0 saturated heterocycles. The van der Waals surface area contributed by atoms with Gasteiger partial charge >= 0.3 is 0 Å². The monoisotopic (exact) mass is 499 g/mol. The Bertz CT molecular complexity index is 933. The Kier molecular flexibility index (Phi) is 8.46. The zero-order chi connectivity index (χ0) is 24.1. The zero-order valence-corrected chi connectivity index (χ0v) is 20.3. The largest absolute Gasteiger partial charge is 0.464 e. The number of fused-ring (bicyclic) bond motifs is 1. The van der Waals surface area contributed by atoms with Crippen molar-refractivity contribution in [1.29, 1.82) is 0 Å². The van der Waals surface area contributed by atoms with Crippen LogP contribution in [-0.2, 0) is 31.1 Å². The minimum absolute atomic E-state index is 0.0226. The van der Waals surface area contributed by atoms with Gasteiger partial charge in [-0.3, -0.25) is 9.48 Å². The summed E-state index contributed by atoms with van der Waals surface area (Å²) in [5.41, 5.74) is 1.31. The van der Waals surface area contributed by atoms with Crippen LogP contribution in [0.15, 0.2) is 6.20 Å². The molecule has 0 spiro atoms. The van der Waals surface area contributed by atoms with Gasteiger partial charge < -0.3 is 15.0 Å². The number of nitrogens with one attached hydrogen (secondary N) is 1. The molecular weight excluding hydrogens is 467 g/mol. The van der Waals surface area contributed by atoms with Gasteiger partial charge in [0.15, 0.2) is 6.61 Å². The Morgan fingerprint density at radius 3 is 2.74 bits per heavy atom. The van der Waals surface area contributed by atoms with Gasteiger partial charge in [0.2, 0.25) is 11.9 Å². The van der Waals surface area contributed by atoms with Crippen molar-refractivity contribution in [3.8, 4) is 5.19 Å². The molecule has 1 saturated carbocycles. The van der Waals surface area contributed by atoms with Crippen molar-refractivity contribution in [3.05, 3.63) is 28.3 Å². The van der Waals surface area contributed by atoms with Crippen molar-refractivity contribution in [2.75, 3.05) is 26.2 Å². The second-order valence-electron chi connectivity index (χ2n) is 9.26. The van der Waals surface area contributed by atoms with E-state index >= 15 is 0 Å². The van der Waals surface area contributed by atoms with Crippen LogP contribution < -0.4 is 10.1 Å². The number of alkyl halides is 2. The zero-order valence-electron chi connectivity index (χ0n) is 19.4. The summed E-state index contributed by atoms with van der Waals surface area (Å²) in [7, 11) is 1.64. The third-order valence-corrected chi connectivity index (χ3v) is 7.75. The number of thiazole rings is 1. The molecule has 0 radical (unpaired) electrons. The fourth-order valence-corrected chi connectivity index (χ4v) is 5.80. The van der Waals surface area contributed by atoms with E-state index in [2.05, 4.69) is 20.3 Å². The average molecular weight is 500 g/mol. The molecule has 0 atom stereocenters. The summed E-state index contributed by atoms with van der Waals surface area (Å²) in [6.45, 7) is 2.29. The summed E-state index contributed by atoms with van der Waals surface area (Å²) in [6, 6.07) is 0.158. The maximum Gasteiger partial charge on any atom is 0.273 e. The Morgan fingerprint density at radius 2 is 2.03 bits per heavy atom. The van der Waals surface area contributed by atoms with Crippen molar-refractivity contribution in [1.82, 2.24) is 25.0 Å². The van der Waals surface area contributed by atoms with Gasteiger partial charge in [-0.05, 0) is 51.0 Å². The molecule has 2 aliphatic rings. The number of halogens is 3. The summed E-state index contributed by atoms with van der Waals surface area (Å²) in [4.78, 5) is 20.3. The number of aromatic nitrogens is 3. The lowest BCUT2D eigenvalue weighted by Gasteiger charge is -2.30. The van der Waals surface area contributed by atoms with Gasteiger partial charge in [-0.25, -0.2) is 13.8 Å². The first-order valence-electron chi connectivity index (χ1n) is 11.9. The summed E-state index contributed by atoms with van der Waals surface area (Å²) in [6.07, 6.45) is 5.98. The molecule has 4 rings (SSSR count). The molecular formula is C23H32F3N5O2S. The predicted molar refractivity (Wildman–Crippen MR) is 123 cm³/mol. The van der Waals surface area contributed by atoms with E-state index in [1.807, 2.05) is 0 Å². The van der Waals surface area contributed by atoms with Crippen molar-refractivity contribution in [2.24, 2.45) is 13.0 Å². The number of hydrogen-bond donors (Lipinski definition) is 1. The quantitative estimate of drug-likeness (QED) is 0.573. The lowest BCUT2D eigenvalue weighted by molar-refractivity contribution is -0.121. The third-order valence-electron chi connectivity index (χ3n) is 6.68. The Hall–Kier alpha value is -2.14. The number of rotatable bonds is 9. The van der Waals surface area contributed by atoms with Crippen LogP contribution in [0.2, 0.25) is 0 Å². The molecule has 3 heterocycles. The molecule has 2 aromatic heterocycles. The number of carbonyl (C=O) groups is 1. The van der Waals surface area contributed by atoms with Crippen molar-refractivity contribution < 1.29 is 22.7 Å². The first-order chi connectivity index (χ1) is 16.4. The minimum Gasteiger partial charge on any atom is -0.464 e. The predicted octanol–water partition coefficient (Wildman–Crippen LogP) is 3.37. The molecule has 11 heteroatoms. The van der Waals surface area contributed by atoms with Crippen molar-refractivity contribution in [2.45, 2.75) is 63.8 Å². The third kappa shape index (κ3) is 6.94. The standard InChI is InChI=1S/C23H32F3N5O2S/c1-30-13-16(22(26)29-30)12-21(32)27-17-4-2-15(3-5-17)6-9-31-10-7-18-19(8-11-31)34-23(28-18)33-14-20(24)25/h13,15,17,20H,2-12,14H2,1H3,(H,27,32)/t15-,17-. The number of carbonyl (C=O) groups excluding carboxylic acids is 1. The van der Waals surface area contributed by atoms with Gasteiger partial charge in [-0.2, -0.15) is 4.39 Å². The van der Waals surface area contributed by atoms with Crippen LogP contribution in [0.1, 0.15) is 48.2 Å².